The van der Waals surface area contributed by atoms with Gasteiger partial charge in [-0.25, -0.2) is 0 Å². The van der Waals surface area contributed by atoms with Gasteiger partial charge in [0.1, 0.15) is 24.1 Å². The first-order chi connectivity index (χ1) is 29.3. The predicted molar refractivity (Wildman–Crippen MR) is 229 cm³/mol. The fourth-order valence-electron chi connectivity index (χ4n) is 9.44. The summed E-state index contributed by atoms with van der Waals surface area (Å²) in [5.74, 6) is -0.886. The minimum absolute atomic E-state index is 0.0347. The third-order valence-corrected chi connectivity index (χ3v) is 12.1. The van der Waals surface area contributed by atoms with Crippen molar-refractivity contribution < 1.29 is 43.7 Å². The van der Waals surface area contributed by atoms with Crippen LogP contribution >= 0.6 is 0 Å². The molecule has 0 radical (unpaired) electrons. The standard InChI is InChI=1S/C47H61N3O10/c1-4-24-49(43(53)23-18-33-16-19-35(20-17-33)50(54)55)42-32-40(48-60-44-15-9-12-29-57-44)38-30-34(13-7-10-25-51)37(14-8-11-26-52)45-39-31-36(56-27-5-2)21-22-41(39)59-47(42,46(38)45)58-28-6-3/h5-6,16-23,30-31,34,37,42,44-46,51-52H,2-4,7-15,24-29,32H2,1H3/t34-,37+,42-,44?,45+,46+,47+/m0/s1. The number of unbranched alkanes of at least 4 members (excludes halogenated alkanes) is 2. The molecule has 13 heteroatoms. The van der Waals surface area contributed by atoms with E-state index in [2.05, 4.69) is 25.3 Å². The fourth-order valence-corrected chi connectivity index (χ4v) is 9.44. The molecule has 324 valence electrons. The number of ether oxygens (including phenoxy) is 4. The number of carbonyl (C=O) groups is 1. The smallest absolute Gasteiger partial charge is 0.269 e. The van der Waals surface area contributed by atoms with Crippen molar-refractivity contribution in [2.75, 3.05) is 39.6 Å². The van der Waals surface area contributed by atoms with Gasteiger partial charge in [0.2, 0.25) is 18.0 Å². The minimum Gasteiger partial charge on any atom is -0.490 e. The molecule has 6 rings (SSSR count). The first-order valence-electron chi connectivity index (χ1n) is 21.6. The van der Waals surface area contributed by atoms with Crippen LogP contribution in [0.15, 0.2) is 90.7 Å². The average Bonchev–Trinajstić information content (AvgIpc) is 3.27. The molecule has 2 aromatic rings. The number of hydrogen-bond acceptors (Lipinski definition) is 11. The number of nitro groups is 1. The van der Waals surface area contributed by atoms with Crippen molar-refractivity contribution in [3.63, 3.8) is 0 Å². The Morgan fingerprint density at radius 3 is 2.50 bits per heavy atom. The lowest BCUT2D eigenvalue weighted by atomic mass is 9.55. The zero-order valence-corrected chi connectivity index (χ0v) is 34.8. The zero-order chi connectivity index (χ0) is 42.5. The van der Waals surface area contributed by atoms with E-state index in [4.69, 9.17) is 28.9 Å². The van der Waals surface area contributed by atoms with Gasteiger partial charge in [-0.15, -0.1) is 6.58 Å². The number of oxime groups is 1. The molecule has 7 atom stereocenters. The second kappa shape index (κ2) is 21.6. The first-order valence-corrected chi connectivity index (χ1v) is 21.6. The maximum Gasteiger partial charge on any atom is 0.269 e. The number of fused-ring (bicyclic) bond motifs is 2. The van der Waals surface area contributed by atoms with Crippen LogP contribution < -0.4 is 9.47 Å². The molecule has 1 unspecified atom stereocenters. The summed E-state index contributed by atoms with van der Waals surface area (Å²) < 4.78 is 26.4. The highest BCUT2D eigenvalue weighted by Gasteiger charge is 2.65. The van der Waals surface area contributed by atoms with E-state index in [1.54, 1.807) is 30.4 Å². The van der Waals surface area contributed by atoms with Crippen molar-refractivity contribution in [3.8, 4) is 11.5 Å². The van der Waals surface area contributed by atoms with Crippen molar-refractivity contribution in [2.45, 2.75) is 102 Å². The number of benzene rings is 2. The topological polar surface area (TPSA) is 162 Å². The SMILES string of the molecule is C=CCOc1ccc2c(c1)[C@H]1[C@H](CCCCO)[C@@H](CCCCO)C=C3C(=NOC4CCCCO4)C[C@H](N(CCC)C(=O)C=Cc4ccc([N+](=O)[O-])cc4)[C@@](OCC=C)(O2)[C@H]31. The van der Waals surface area contributed by atoms with Crippen LogP contribution in [-0.2, 0) is 19.1 Å². The number of carbonyl (C=O) groups excluding carboxylic acids is 1. The highest BCUT2D eigenvalue weighted by atomic mass is 16.8. The van der Waals surface area contributed by atoms with Gasteiger partial charge >= 0.3 is 0 Å². The molecule has 2 fully saturated rings. The van der Waals surface area contributed by atoms with E-state index in [0.29, 0.717) is 68.2 Å². The van der Waals surface area contributed by atoms with E-state index in [1.807, 2.05) is 24.0 Å². The summed E-state index contributed by atoms with van der Waals surface area (Å²) in [4.78, 5) is 33.6. The van der Waals surface area contributed by atoms with Gasteiger partial charge < -0.3 is 38.9 Å². The van der Waals surface area contributed by atoms with Crippen LogP contribution in [0.2, 0.25) is 0 Å². The van der Waals surface area contributed by atoms with Gasteiger partial charge in [-0.2, -0.15) is 0 Å². The number of nitrogens with zero attached hydrogens (tertiary/aromatic N) is 3. The van der Waals surface area contributed by atoms with Gasteiger partial charge in [0.05, 0.1) is 29.8 Å². The molecule has 0 spiro atoms. The second-order valence-corrected chi connectivity index (χ2v) is 16.0. The molecule has 2 aliphatic carbocycles. The number of allylic oxidation sites excluding steroid dienone is 1. The molecule has 1 saturated carbocycles. The van der Waals surface area contributed by atoms with Crippen LogP contribution in [0.4, 0.5) is 5.69 Å². The largest absolute Gasteiger partial charge is 0.490 e. The molecule has 1 saturated heterocycles. The molecule has 2 heterocycles. The van der Waals surface area contributed by atoms with E-state index in [0.717, 1.165) is 49.7 Å². The molecule has 0 bridgehead atoms. The fraction of sp³-hybridized carbons (Fsp3) is 0.532. The Hall–Kier alpha value is -4.82. The third kappa shape index (κ3) is 10.2. The van der Waals surface area contributed by atoms with Gasteiger partial charge in [0, 0.05) is 62.3 Å². The van der Waals surface area contributed by atoms with Crippen molar-refractivity contribution in [3.05, 3.63) is 107 Å². The van der Waals surface area contributed by atoms with Crippen molar-refractivity contribution in [1.29, 1.82) is 0 Å². The Morgan fingerprint density at radius 1 is 1.05 bits per heavy atom. The summed E-state index contributed by atoms with van der Waals surface area (Å²) in [5.41, 5.74) is 3.21. The number of aliphatic hydroxyl groups excluding tert-OH is 2. The summed E-state index contributed by atoms with van der Waals surface area (Å²) in [6.07, 6.45) is 16.5. The lowest BCUT2D eigenvalue weighted by Crippen LogP contribution is -2.70. The Morgan fingerprint density at radius 2 is 1.82 bits per heavy atom. The normalized spacial score (nSPS) is 26.3. The average molecular weight is 828 g/mol. The van der Waals surface area contributed by atoms with Gasteiger partial charge in [-0.1, -0.05) is 49.7 Å². The summed E-state index contributed by atoms with van der Waals surface area (Å²) >= 11 is 0. The van der Waals surface area contributed by atoms with E-state index < -0.39 is 29.0 Å². The van der Waals surface area contributed by atoms with E-state index in [9.17, 15) is 25.1 Å². The molecular formula is C47H61N3O10. The molecule has 2 aliphatic heterocycles. The van der Waals surface area contributed by atoms with Crippen LogP contribution in [0.5, 0.6) is 11.5 Å². The van der Waals surface area contributed by atoms with E-state index in [-0.39, 0.29) is 55.6 Å². The lowest BCUT2D eigenvalue weighted by molar-refractivity contribution is -0.384. The first kappa shape index (κ1) is 44.7. The number of aliphatic hydroxyl groups is 2. The van der Waals surface area contributed by atoms with Crippen LogP contribution in [0.25, 0.3) is 6.08 Å². The molecule has 1 amide bonds. The highest BCUT2D eigenvalue weighted by molar-refractivity contribution is 6.03. The van der Waals surface area contributed by atoms with E-state index >= 15 is 0 Å². The summed E-state index contributed by atoms with van der Waals surface area (Å²) in [6.45, 7) is 11.5. The molecule has 2 aromatic carbocycles. The van der Waals surface area contributed by atoms with E-state index in [1.165, 1.54) is 18.2 Å². The summed E-state index contributed by atoms with van der Waals surface area (Å²) in [5, 5.41) is 36.0. The summed E-state index contributed by atoms with van der Waals surface area (Å²) in [7, 11) is 0. The second-order valence-electron chi connectivity index (χ2n) is 16.0. The number of hydrogen-bond donors (Lipinski definition) is 2. The Balaban J connectivity index is 1.55. The highest BCUT2D eigenvalue weighted by Crippen LogP contribution is 2.62. The van der Waals surface area contributed by atoms with Crippen molar-refractivity contribution in [2.24, 2.45) is 22.9 Å². The lowest BCUT2D eigenvalue weighted by Gasteiger charge is -2.60. The zero-order valence-electron chi connectivity index (χ0n) is 34.8. The number of nitro benzene ring substituents is 1. The molecule has 13 nitrogen and oxygen atoms in total. The number of rotatable bonds is 22. The van der Waals surface area contributed by atoms with Gasteiger partial charge in [0.25, 0.3) is 5.69 Å². The quantitative estimate of drug-likeness (QED) is 0.0389. The minimum atomic E-state index is -1.40. The molecule has 2 N–H and O–H groups in total. The third-order valence-electron chi connectivity index (χ3n) is 12.1. The molecular weight excluding hydrogens is 767 g/mol. The maximum atomic E-state index is 14.7. The van der Waals surface area contributed by atoms with Gasteiger partial charge in [-0.3, -0.25) is 14.9 Å². The predicted octanol–water partition coefficient (Wildman–Crippen LogP) is 8.27. The van der Waals surface area contributed by atoms with Crippen LogP contribution in [-0.4, -0.2) is 89.4 Å². The van der Waals surface area contributed by atoms with Crippen molar-refractivity contribution in [1.82, 2.24) is 4.90 Å². The molecule has 0 aromatic heterocycles. The molecule has 60 heavy (non-hydrogen) atoms. The van der Waals surface area contributed by atoms with Crippen molar-refractivity contribution >= 4 is 23.4 Å². The Bertz CT molecular complexity index is 1870. The Labute approximate surface area is 353 Å². The van der Waals surface area contributed by atoms with Crippen LogP contribution in [0.3, 0.4) is 0 Å². The van der Waals surface area contributed by atoms with Gasteiger partial charge in [-0.05, 0) is 104 Å². The maximum absolute atomic E-state index is 14.7. The summed E-state index contributed by atoms with van der Waals surface area (Å²) in [6, 6.07) is 11.2. The number of amides is 1. The van der Waals surface area contributed by atoms with Gasteiger partial charge in [0.15, 0.2) is 0 Å². The monoisotopic (exact) mass is 827 g/mol. The van der Waals surface area contributed by atoms with Crippen LogP contribution in [0, 0.1) is 27.9 Å². The number of non-ortho nitro benzene ring substituents is 1. The Kier molecular flexibility index (Phi) is 16.1. The van der Waals surface area contributed by atoms with Crippen LogP contribution in [0.1, 0.15) is 94.6 Å². The molecule has 4 aliphatic rings.